The average Bonchev–Trinajstić information content (AvgIpc) is 3.23. The van der Waals surface area contributed by atoms with Crippen LogP contribution in [-0.4, -0.2) is 33.9 Å². The molecule has 132 valence electrons. The number of para-hydroxylation sites is 1. The molecule has 0 fully saturated rings. The van der Waals surface area contributed by atoms with Gasteiger partial charge in [0.25, 0.3) is 5.91 Å². The van der Waals surface area contributed by atoms with Crippen LogP contribution in [0.3, 0.4) is 0 Å². The number of fused-ring (bicyclic) bond motifs is 2. The van der Waals surface area contributed by atoms with Crippen molar-refractivity contribution >= 4 is 22.7 Å². The summed E-state index contributed by atoms with van der Waals surface area (Å²) >= 11 is 0. The fraction of sp³-hybridized carbons (Fsp3) is 0.238. The molecule has 5 heteroatoms. The predicted octanol–water partition coefficient (Wildman–Crippen LogP) is 2.80. The minimum Gasteiger partial charge on any atom is -0.353 e. The van der Waals surface area contributed by atoms with Gasteiger partial charge in [0.05, 0.1) is 0 Å². The Balaban J connectivity index is 1.36. The molecule has 1 aromatic heterocycles. The van der Waals surface area contributed by atoms with Gasteiger partial charge < -0.3 is 14.8 Å². The van der Waals surface area contributed by atoms with E-state index in [9.17, 15) is 9.59 Å². The summed E-state index contributed by atoms with van der Waals surface area (Å²) < 4.78 is 2.12. The van der Waals surface area contributed by atoms with E-state index in [2.05, 4.69) is 28.1 Å². The second-order valence-electron chi connectivity index (χ2n) is 6.63. The molecule has 0 spiro atoms. The number of hydrogen-bond donors (Lipinski definition) is 1. The summed E-state index contributed by atoms with van der Waals surface area (Å²) in [6, 6.07) is 17.3. The SMILES string of the molecule is C[C@@H](C(=O)NCCn1ccc2ccccc21)N1Cc2ccccc2C1=O. The van der Waals surface area contributed by atoms with Gasteiger partial charge in [-0.15, -0.1) is 0 Å². The molecule has 2 amide bonds. The molecule has 2 aromatic carbocycles. The molecule has 0 saturated carbocycles. The van der Waals surface area contributed by atoms with Gasteiger partial charge in [0.2, 0.25) is 5.91 Å². The van der Waals surface area contributed by atoms with Gasteiger partial charge in [-0.2, -0.15) is 0 Å². The minimum atomic E-state index is -0.490. The highest BCUT2D eigenvalue weighted by Gasteiger charge is 2.33. The van der Waals surface area contributed by atoms with Crippen LogP contribution in [-0.2, 0) is 17.9 Å². The molecule has 2 heterocycles. The summed E-state index contributed by atoms with van der Waals surface area (Å²) in [6.45, 7) is 3.49. The Hall–Kier alpha value is -3.08. The van der Waals surface area contributed by atoms with Crippen molar-refractivity contribution in [3.05, 3.63) is 71.9 Å². The number of nitrogens with one attached hydrogen (secondary N) is 1. The second kappa shape index (κ2) is 6.67. The molecule has 0 saturated heterocycles. The first-order valence-corrected chi connectivity index (χ1v) is 8.85. The standard InChI is InChI=1S/C21H21N3O2/c1-15(24-14-17-7-2-4-8-18(17)21(24)26)20(25)22-11-13-23-12-10-16-6-3-5-9-19(16)23/h2-10,12,15H,11,13-14H2,1H3,(H,22,25)/t15-/m0/s1. The van der Waals surface area contributed by atoms with Gasteiger partial charge in [0.1, 0.15) is 6.04 Å². The molecule has 5 nitrogen and oxygen atoms in total. The van der Waals surface area contributed by atoms with Crippen molar-refractivity contribution in [2.75, 3.05) is 6.54 Å². The van der Waals surface area contributed by atoms with Crippen LogP contribution in [0.15, 0.2) is 60.8 Å². The lowest BCUT2D eigenvalue weighted by Crippen LogP contribution is -2.45. The van der Waals surface area contributed by atoms with Gasteiger partial charge in [-0.25, -0.2) is 0 Å². The molecule has 0 bridgehead atoms. The molecule has 1 N–H and O–H groups in total. The third-order valence-electron chi connectivity index (χ3n) is 5.03. The molecule has 1 atom stereocenters. The number of nitrogens with zero attached hydrogens (tertiary/aromatic N) is 2. The van der Waals surface area contributed by atoms with Gasteiger partial charge in [0, 0.05) is 36.9 Å². The molecule has 1 aliphatic rings. The zero-order valence-electron chi connectivity index (χ0n) is 14.7. The topological polar surface area (TPSA) is 54.3 Å². The Bertz CT molecular complexity index is 976. The summed E-state index contributed by atoms with van der Waals surface area (Å²) in [4.78, 5) is 26.6. The first-order chi connectivity index (χ1) is 12.6. The summed E-state index contributed by atoms with van der Waals surface area (Å²) in [6.07, 6.45) is 2.03. The number of benzene rings is 2. The van der Waals surface area contributed by atoms with Crippen molar-refractivity contribution in [1.82, 2.24) is 14.8 Å². The van der Waals surface area contributed by atoms with E-state index in [1.807, 2.05) is 42.6 Å². The Morgan fingerprint density at radius 1 is 1.12 bits per heavy atom. The largest absolute Gasteiger partial charge is 0.353 e. The van der Waals surface area contributed by atoms with Gasteiger partial charge >= 0.3 is 0 Å². The Morgan fingerprint density at radius 3 is 2.73 bits per heavy atom. The Morgan fingerprint density at radius 2 is 1.88 bits per heavy atom. The number of carbonyl (C=O) groups is 2. The third kappa shape index (κ3) is 2.86. The highest BCUT2D eigenvalue weighted by Crippen LogP contribution is 2.24. The smallest absolute Gasteiger partial charge is 0.255 e. The number of aromatic nitrogens is 1. The van der Waals surface area contributed by atoms with E-state index in [1.165, 1.54) is 5.39 Å². The molecule has 3 aromatic rings. The predicted molar refractivity (Wildman–Crippen MR) is 101 cm³/mol. The molecule has 0 unspecified atom stereocenters. The van der Waals surface area contributed by atoms with Crippen molar-refractivity contribution < 1.29 is 9.59 Å². The van der Waals surface area contributed by atoms with Gasteiger partial charge in [-0.05, 0) is 36.1 Å². The van der Waals surface area contributed by atoms with Crippen LogP contribution in [0.2, 0.25) is 0 Å². The monoisotopic (exact) mass is 347 g/mol. The van der Waals surface area contributed by atoms with Crippen LogP contribution in [0.5, 0.6) is 0 Å². The van der Waals surface area contributed by atoms with Gasteiger partial charge in [-0.1, -0.05) is 36.4 Å². The van der Waals surface area contributed by atoms with Crippen LogP contribution >= 0.6 is 0 Å². The molecule has 4 rings (SSSR count). The average molecular weight is 347 g/mol. The number of hydrogen-bond acceptors (Lipinski definition) is 2. The molecular formula is C21H21N3O2. The maximum absolute atomic E-state index is 12.5. The van der Waals surface area contributed by atoms with E-state index >= 15 is 0 Å². The maximum atomic E-state index is 12.5. The Kier molecular flexibility index (Phi) is 4.21. The summed E-state index contributed by atoms with van der Waals surface area (Å²) in [5.41, 5.74) is 2.84. The van der Waals surface area contributed by atoms with Crippen LogP contribution in [0.25, 0.3) is 10.9 Å². The van der Waals surface area contributed by atoms with E-state index in [0.717, 1.165) is 11.1 Å². The fourth-order valence-corrected chi connectivity index (χ4v) is 3.51. The lowest BCUT2D eigenvalue weighted by molar-refractivity contribution is -0.125. The van der Waals surface area contributed by atoms with E-state index in [-0.39, 0.29) is 11.8 Å². The number of carbonyl (C=O) groups excluding carboxylic acids is 2. The number of amides is 2. The summed E-state index contributed by atoms with van der Waals surface area (Å²) in [5.74, 6) is -0.192. The lowest BCUT2D eigenvalue weighted by Gasteiger charge is -2.23. The fourth-order valence-electron chi connectivity index (χ4n) is 3.51. The summed E-state index contributed by atoms with van der Waals surface area (Å²) in [7, 11) is 0. The van der Waals surface area contributed by atoms with Crippen molar-refractivity contribution in [1.29, 1.82) is 0 Å². The molecule has 26 heavy (non-hydrogen) atoms. The van der Waals surface area contributed by atoms with Crippen molar-refractivity contribution in [2.45, 2.75) is 26.1 Å². The quantitative estimate of drug-likeness (QED) is 0.772. The molecular weight excluding hydrogens is 326 g/mol. The normalized spacial score (nSPS) is 14.5. The van der Waals surface area contributed by atoms with E-state index in [0.29, 0.717) is 25.2 Å². The van der Waals surface area contributed by atoms with Crippen LogP contribution < -0.4 is 5.32 Å². The van der Waals surface area contributed by atoms with E-state index < -0.39 is 6.04 Å². The van der Waals surface area contributed by atoms with E-state index in [4.69, 9.17) is 0 Å². The molecule has 0 radical (unpaired) electrons. The minimum absolute atomic E-state index is 0.0698. The highest BCUT2D eigenvalue weighted by atomic mass is 16.2. The Labute approximate surface area is 152 Å². The van der Waals surface area contributed by atoms with Crippen LogP contribution in [0.4, 0.5) is 0 Å². The third-order valence-corrected chi connectivity index (χ3v) is 5.03. The van der Waals surface area contributed by atoms with Crippen molar-refractivity contribution in [2.24, 2.45) is 0 Å². The molecule has 0 aliphatic carbocycles. The lowest BCUT2D eigenvalue weighted by atomic mass is 10.1. The first kappa shape index (κ1) is 16.4. The van der Waals surface area contributed by atoms with Crippen LogP contribution in [0, 0.1) is 0 Å². The van der Waals surface area contributed by atoms with Crippen LogP contribution in [0.1, 0.15) is 22.8 Å². The maximum Gasteiger partial charge on any atom is 0.255 e. The van der Waals surface area contributed by atoms with Crippen molar-refractivity contribution in [3.63, 3.8) is 0 Å². The van der Waals surface area contributed by atoms with E-state index in [1.54, 1.807) is 11.8 Å². The zero-order chi connectivity index (χ0) is 18.1. The second-order valence-corrected chi connectivity index (χ2v) is 6.63. The van der Waals surface area contributed by atoms with Gasteiger partial charge in [0.15, 0.2) is 0 Å². The first-order valence-electron chi connectivity index (χ1n) is 8.85. The molecule has 1 aliphatic heterocycles. The summed E-state index contributed by atoms with van der Waals surface area (Å²) in [5, 5.41) is 4.14. The van der Waals surface area contributed by atoms with Gasteiger partial charge in [-0.3, -0.25) is 9.59 Å². The van der Waals surface area contributed by atoms with Crippen molar-refractivity contribution in [3.8, 4) is 0 Å². The number of rotatable bonds is 5. The zero-order valence-corrected chi connectivity index (χ0v) is 14.7. The highest BCUT2D eigenvalue weighted by molar-refractivity contribution is 6.01.